The van der Waals surface area contributed by atoms with Crippen LogP contribution in [-0.4, -0.2) is 23.8 Å². The topological polar surface area (TPSA) is 67.8 Å². The van der Waals surface area contributed by atoms with E-state index in [0.717, 1.165) is 0 Å². The van der Waals surface area contributed by atoms with Crippen LogP contribution < -0.4 is 10.9 Å². The highest BCUT2D eigenvalue weighted by atomic mass is 16.7. The molecule has 0 aliphatic heterocycles. The van der Waals surface area contributed by atoms with Gasteiger partial charge in [0.15, 0.2) is 0 Å². The van der Waals surface area contributed by atoms with Gasteiger partial charge in [-0.3, -0.25) is 4.76 Å². The standard InChI is InChI=1S/C11H16BNO4/c1-11(2,3)16-10(14)13-17-12(15)9-7-5-4-6-8-9/h4-8,15H,1-3H3,(H,13,14). The van der Waals surface area contributed by atoms with Crippen molar-refractivity contribution in [1.82, 2.24) is 5.48 Å². The summed E-state index contributed by atoms with van der Waals surface area (Å²) in [4.78, 5) is 11.2. The third-order valence-electron chi connectivity index (χ3n) is 1.74. The second kappa shape index (κ2) is 5.70. The van der Waals surface area contributed by atoms with E-state index in [1.54, 1.807) is 45.0 Å². The normalized spacial score (nSPS) is 10.8. The Labute approximate surface area is 101 Å². The molecule has 0 fully saturated rings. The molecular formula is C11H16BNO4. The smallest absolute Gasteiger partial charge is 0.442 e. The van der Waals surface area contributed by atoms with E-state index in [0.29, 0.717) is 5.46 Å². The molecule has 0 unspecified atom stereocenters. The molecule has 17 heavy (non-hydrogen) atoms. The van der Waals surface area contributed by atoms with Crippen LogP contribution in [-0.2, 0) is 9.49 Å². The lowest BCUT2D eigenvalue weighted by Crippen LogP contribution is -2.42. The molecule has 92 valence electrons. The van der Waals surface area contributed by atoms with E-state index >= 15 is 0 Å². The van der Waals surface area contributed by atoms with Crippen LogP contribution in [0.3, 0.4) is 0 Å². The van der Waals surface area contributed by atoms with E-state index < -0.39 is 18.8 Å². The number of nitrogens with one attached hydrogen (secondary N) is 1. The van der Waals surface area contributed by atoms with Crippen LogP contribution in [0.15, 0.2) is 30.3 Å². The molecule has 2 N–H and O–H groups in total. The van der Waals surface area contributed by atoms with Crippen molar-refractivity contribution in [2.75, 3.05) is 0 Å². The molecule has 0 radical (unpaired) electrons. The molecule has 6 heteroatoms. The van der Waals surface area contributed by atoms with Gasteiger partial charge in [-0.05, 0) is 26.2 Å². The fourth-order valence-electron chi connectivity index (χ4n) is 1.09. The Morgan fingerprint density at radius 3 is 2.41 bits per heavy atom. The summed E-state index contributed by atoms with van der Waals surface area (Å²) in [5.41, 5.74) is 1.97. The number of hydroxylamine groups is 1. The molecule has 5 nitrogen and oxygen atoms in total. The van der Waals surface area contributed by atoms with Crippen molar-refractivity contribution < 1.29 is 19.3 Å². The first-order valence-corrected chi connectivity index (χ1v) is 5.26. The molecule has 1 aromatic rings. The Morgan fingerprint density at radius 1 is 1.29 bits per heavy atom. The Hall–Kier alpha value is -1.53. The summed E-state index contributed by atoms with van der Waals surface area (Å²) in [5.74, 6) is 0. The maximum Gasteiger partial charge on any atom is 0.514 e. The van der Waals surface area contributed by atoms with Crippen molar-refractivity contribution in [3.8, 4) is 0 Å². The minimum absolute atomic E-state index is 0.545. The van der Waals surface area contributed by atoms with Gasteiger partial charge in [0.25, 0.3) is 0 Å². The van der Waals surface area contributed by atoms with Gasteiger partial charge in [-0.25, -0.2) is 10.3 Å². The van der Waals surface area contributed by atoms with Gasteiger partial charge in [0, 0.05) is 0 Å². The van der Waals surface area contributed by atoms with E-state index in [1.807, 2.05) is 11.5 Å². The van der Waals surface area contributed by atoms with Crippen molar-refractivity contribution in [1.29, 1.82) is 0 Å². The van der Waals surface area contributed by atoms with Crippen LogP contribution in [0.1, 0.15) is 20.8 Å². The van der Waals surface area contributed by atoms with E-state index in [4.69, 9.17) is 9.49 Å². The number of hydrogen-bond acceptors (Lipinski definition) is 4. The number of ether oxygens (including phenoxy) is 1. The summed E-state index contributed by atoms with van der Waals surface area (Å²) in [6, 6.07) is 8.70. The molecule has 0 aromatic heterocycles. The monoisotopic (exact) mass is 237 g/mol. The fraction of sp³-hybridized carbons (Fsp3) is 0.364. The molecule has 0 atom stereocenters. The lowest BCUT2D eigenvalue weighted by Gasteiger charge is -2.19. The van der Waals surface area contributed by atoms with E-state index in [9.17, 15) is 9.82 Å². The number of benzene rings is 1. The number of amides is 1. The van der Waals surface area contributed by atoms with Crippen molar-refractivity contribution in [2.45, 2.75) is 26.4 Å². The summed E-state index contributed by atoms with van der Waals surface area (Å²) in [7, 11) is -1.22. The quantitative estimate of drug-likeness (QED) is 0.603. The summed E-state index contributed by atoms with van der Waals surface area (Å²) in [5, 5.41) is 9.58. The van der Waals surface area contributed by atoms with Crippen LogP contribution >= 0.6 is 0 Å². The fourth-order valence-corrected chi connectivity index (χ4v) is 1.09. The molecule has 1 rings (SSSR count). The maximum atomic E-state index is 11.2. The minimum atomic E-state index is -1.22. The van der Waals surface area contributed by atoms with Crippen LogP contribution in [0.5, 0.6) is 0 Å². The van der Waals surface area contributed by atoms with Crippen LogP contribution in [0.2, 0.25) is 0 Å². The SMILES string of the molecule is CC(C)(C)OC(=O)NOB(O)c1ccccc1. The first-order valence-electron chi connectivity index (χ1n) is 5.26. The number of rotatable bonds is 3. The Balaban J connectivity index is 2.39. The molecule has 0 saturated carbocycles. The summed E-state index contributed by atoms with van der Waals surface area (Å²) in [6.45, 7) is 5.21. The Bertz CT molecular complexity index is 363. The summed E-state index contributed by atoms with van der Waals surface area (Å²) < 4.78 is 9.70. The molecule has 1 aromatic carbocycles. The van der Waals surface area contributed by atoms with Crippen molar-refractivity contribution in [2.24, 2.45) is 0 Å². The second-order valence-electron chi connectivity index (χ2n) is 4.48. The average Bonchev–Trinajstić information content (AvgIpc) is 2.25. The largest absolute Gasteiger partial charge is 0.514 e. The molecule has 0 saturated heterocycles. The number of hydrogen-bond donors (Lipinski definition) is 2. The molecule has 0 aliphatic rings. The van der Waals surface area contributed by atoms with Gasteiger partial charge in [-0.1, -0.05) is 30.3 Å². The number of carbonyl (C=O) groups excluding carboxylic acids is 1. The molecule has 1 amide bonds. The average molecular weight is 237 g/mol. The zero-order chi connectivity index (χ0) is 12.9. The van der Waals surface area contributed by atoms with Crippen LogP contribution in [0.4, 0.5) is 4.79 Å². The highest BCUT2D eigenvalue weighted by Crippen LogP contribution is 2.06. The number of carbonyl (C=O) groups is 1. The van der Waals surface area contributed by atoms with Crippen molar-refractivity contribution in [3.05, 3.63) is 30.3 Å². The van der Waals surface area contributed by atoms with Gasteiger partial charge in [-0.15, -0.1) is 0 Å². The predicted molar refractivity (Wildman–Crippen MR) is 64.5 cm³/mol. The third kappa shape index (κ3) is 5.37. The van der Waals surface area contributed by atoms with Crippen LogP contribution in [0.25, 0.3) is 0 Å². The summed E-state index contributed by atoms with van der Waals surface area (Å²) in [6.07, 6.45) is -0.743. The molecular weight excluding hydrogens is 221 g/mol. The van der Waals surface area contributed by atoms with E-state index in [1.165, 1.54) is 0 Å². The van der Waals surface area contributed by atoms with Crippen molar-refractivity contribution >= 4 is 18.7 Å². The van der Waals surface area contributed by atoms with E-state index in [-0.39, 0.29) is 0 Å². The van der Waals surface area contributed by atoms with Gasteiger partial charge < -0.3 is 9.76 Å². The highest BCUT2D eigenvalue weighted by molar-refractivity contribution is 6.59. The molecule has 0 aliphatic carbocycles. The van der Waals surface area contributed by atoms with Crippen LogP contribution in [0, 0.1) is 0 Å². The third-order valence-corrected chi connectivity index (χ3v) is 1.74. The predicted octanol–water partition coefficient (Wildman–Crippen LogP) is 0.830. The minimum Gasteiger partial charge on any atom is -0.442 e. The molecule has 0 heterocycles. The lowest BCUT2D eigenvalue weighted by atomic mass is 9.80. The maximum absolute atomic E-state index is 11.2. The van der Waals surface area contributed by atoms with Gasteiger partial charge in [-0.2, -0.15) is 0 Å². The van der Waals surface area contributed by atoms with Gasteiger partial charge in [0.1, 0.15) is 5.60 Å². The highest BCUT2D eigenvalue weighted by Gasteiger charge is 2.20. The Kier molecular flexibility index (Phi) is 4.54. The van der Waals surface area contributed by atoms with Gasteiger partial charge in [0.05, 0.1) is 0 Å². The van der Waals surface area contributed by atoms with Gasteiger partial charge >= 0.3 is 13.2 Å². The second-order valence-corrected chi connectivity index (χ2v) is 4.48. The lowest BCUT2D eigenvalue weighted by molar-refractivity contribution is 0.0251. The van der Waals surface area contributed by atoms with Gasteiger partial charge in [0.2, 0.25) is 0 Å². The first-order chi connectivity index (χ1) is 7.88. The summed E-state index contributed by atoms with van der Waals surface area (Å²) >= 11 is 0. The first kappa shape index (κ1) is 13.5. The van der Waals surface area contributed by atoms with E-state index in [2.05, 4.69) is 0 Å². The zero-order valence-corrected chi connectivity index (χ0v) is 10.1. The molecule has 0 bridgehead atoms. The Morgan fingerprint density at radius 2 is 1.88 bits per heavy atom. The zero-order valence-electron chi connectivity index (χ0n) is 10.1. The molecule has 0 spiro atoms. The van der Waals surface area contributed by atoms with Crippen molar-refractivity contribution in [3.63, 3.8) is 0 Å².